The van der Waals surface area contributed by atoms with Gasteiger partial charge in [-0.2, -0.15) is 0 Å². The van der Waals surface area contributed by atoms with E-state index in [-0.39, 0.29) is 0 Å². The highest BCUT2D eigenvalue weighted by atomic mass is 15.2. The molecule has 0 radical (unpaired) electrons. The molecule has 0 N–H and O–H groups in total. The van der Waals surface area contributed by atoms with Gasteiger partial charge in [0.2, 0.25) is 5.95 Å². The largest absolute Gasteiger partial charge is 0.309 e. The maximum atomic E-state index is 5.53. The first-order valence-electron chi connectivity index (χ1n) is 19.1. The Balaban J connectivity index is 1.15. The molecule has 3 aromatic heterocycles. The Bertz CT molecular complexity index is 3520. The molecule has 0 aliphatic carbocycles. The number of para-hydroxylation sites is 2. The fourth-order valence-corrected chi connectivity index (χ4v) is 8.91. The summed E-state index contributed by atoms with van der Waals surface area (Å²) >= 11 is 0. The van der Waals surface area contributed by atoms with E-state index >= 15 is 0 Å². The van der Waals surface area contributed by atoms with E-state index in [0.717, 1.165) is 44.4 Å². The summed E-state index contributed by atoms with van der Waals surface area (Å²) in [7, 11) is 0. The molecular weight excluding hydrogens is 681 g/mol. The van der Waals surface area contributed by atoms with Gasteiger partial charge < -0.3 is 4.57 Å². The summed E-state index contributed by atoms with van der Waals surface area (Å²) in [5, 5.41) is 10.7. The minimum Gasteiger partial charge on any atom is -0.309 e. The monoisotopic (exact) mass is 712 g/mol. The average Bonchev–Trinajstić information content (AvgIpc) is 3.77. The van der Waals surface area contributed by atoms with Crippen molar-refractivity contribution in [3.8, 4) is 34.0 Å². The van der Waals surface area contributed by atoms with Crippen LogP contribution in [0.1, 0.15) is 0 Å². The molecule has 0 saturated heterocycles. The van der Waals surface area contributed by atoms with Crippen molar-refractivity contribution < 1.29 is 0 Å². The second-order valence-corrected chi connectivity index (χ2v) is 14.6. The van der Waals surface area contributed by atoms with Crippen molar-refractivity contribution in [3.05, 3.63) is 194 Å². The summed E-state index contributed by atoms with van der Waals surface area (Å²) in [5.74, 6) is 0.652. The van der Waals surface area contributed by atoms with Crippen LogP contribution >= 0.6 is 0 Å². The number of aromatic nitrogens is 4. The number of benzene rings is 9. The molecule has 0 atom stereocenters. The van der Waals surface area contributed by atoms with E-state index in [1.807, 2.05) is 0 Å². The molecule has 4 heteroatoms. The molecule has 4 nitrogen and oxygen atoms in total. The fraction of sp³-hybridized carbons (Fsp3) is 0. The Hall–Kier alpha value is -7.56. The molecule has 0 unspecified atom stereocenters. The highest BCUT2D eigenvalue weighted by Gasteiger charge is 2.21. The second-order valence-electron chi connectivity index (χ2n) is 14.6. The molecule has 12 rings (SSSR count). The number of nitrogens with zero attached hydrogens (tertiary/aromatic N) is 4. The van der Waals surface area contributed by atoms with Crippen LogP contribution in [-0.4, -0.2) is 19.1 Å². The van der Waals surface area contributed by atoms with Gasteiger partial charge in [0.25, 0.3) is 0 Å². The molecule has 0 bridgehead atoms. The molecule has 0 fully saturated rings. The minimum absolute atomic E-state index is 0.652. The maximum absolute atomic E-state index is 5.53. The van der Waals surface area contributed by atoms with E-state index in [9.17, 15) is 0 Å². The van der Waals surface area contributed by atoms with E-state index in [1.54, 1.807) is 0 Å². The highest BCUT2D eigenvalue weighted by molar-refractivity contribution is 6.22. The van der Waals surface area contributed by atoms with Gasteiger partial charge >= 0.3 is 0 Å². The smallest absolute Gasteiger partial charge is 0.235 e. The van der Waals surface area contributed by atoms with Crippen LogP contribution < -0.4 is 0 Å². The molecule has 56 heavy (non-hydrogen) atoms. The van der Waals surface area contributed by atoms with E-state index in [0.29, 0.717) is 5.95 Å². The Labute approximate surface area is 322 Å². The van der Waals surface area contributed by atoms with Gasteiger partial charge in [-0.15, -0.1) is 0 Å². The van der Waals surface area contributed by atoms with Crippen molar-refractivity contribution in [2.75, 3.05) is 0 Å². The summed E-state index contributed by atoms with van der Waals surface area (Å²) in [5.41, 5.74) is 10.9. The summed E-state index contributed by atoms with van der Waals surface area (Å²) < 4.78 is 4.64. The molecule has 0 saturated carbocycles. The van der Waals surface area contributed by atoms with E-state index in [4.69, 9.17) is 9.97 Å². The molecular formula is C52H32N4. The zero-order valence-corrected chi connectivity index (χ0v) is 30.3. The lowest BCUT2D eigenvalue weighted by molar-refractivity contribution is 1.01. The van der Waals surface area contributed by atoms with Crippen molar-refractivity contribution in [2.24, 2.45) is 0 Å². The average molecular weight is 713 g/mol. The standard InChI is InChI=1S/C52H32N4/c1-3-13-33(14-4-1)37-24-26-46-42(30-37)43-29-35-16-7-8-17-36(35)32-49(43)56(46)52-53-45-22-12-11-21-41(45)51(54-52)38-25-27-47-44(31-38)50-40-20-10-9-15-34(40)23-28-48(50)55(47)39-18-5-2-6-19-39/h1-32H. The van der Waals surface area contributed by atoms with Gasteiger partial charge in [-0.05, 0) is 93.3 Å². The Morgan fingerprint density at radius 1 is 0.321 bits per heavy atom. The number of hydrogen-bond donors (Lipinski definition) is 0. The first-order valence-corrected chi connectivity index (χ1v) is 19.1. The van der Waals surface area contributed by atoms with Crippen LogP contribution in [0.3, 0.4) is 0 Å². The van der Waals surface area contributed by atoms with Crippen molar-refractivity contribution in [2.45, 2.75) is 0 Å². The minimum atomic E-state index is 0.652. The van der Waals surface area contributed by atoms with Crippen LogP contribution in [-0.2, 0) is 0 Å². The third-order valence-corrected chi connectivity index (χ3v) is 11.5. The lowest BCUT2D eigenvalue weighted by atomic mass is 10.0. The molecule has 3 heterocycles. The predicted molar refractivity (Wildman–Crippen MR) is 234 cm³/mol. The van der Waals surface area contributed by atoms with Crippen LogP contribution in [0.15, 0.2) is 194 Å². The number of rotatable bonds is 4. The first-order chi connectivity index (χ1) is 27.8. The van der Waals surface area contributed by atoms with E-state index in [1.165, 1.54) is 59.7 Å². The van der Waals surface area contributed by atoms with Gasteiger partial charge in [-0.1, -0.05) is 133 Å². The lowest BCUT2D eigenvalue weighted by Gasteiger charge is -2.13. The van der Waals surface area contributed by atoms with Gasteiger partial charge in [0.15, 0.2) is 0 Å². The second kappa shape index (κ2) is 12.0. The molecule has 9 aromatic carbocycles. The summed E-state index contributed by atoms with van der Waals surface area (Å²) in [6.45, 7) is 0. The third-order valence-electron chi connectivity index (χ3n) is 11.5. The first kappa shape index (κ1) is 30.9. The van der Waals surface area contributed by atoms with Crippen LogP contribution in [0.2, 0.25) is 0 Å². The van der Waals surface area contributed by atoms with E-state index < -0.39 is 0 Å². The zero-order valence-electron chi connectivity index (χ0n) is 30.3. The fourth-order valence-electron chi connectivity index (χ4n) is 8.91. The van der Waals surface area contributed by atoms with Crippen molar-refractivity contribution in [1.29, 1.82) is 0 Å². The Morgan fingerprint density at radius 3 is 1.75 bits per heavy atom. The molecule has 12 aromatic rings. The van der Waals surface area contributed by atoms with Crippen LogP contribution in [0.25, 0.3) is 110 Å². The third kappa shape index (κ3) is 4.60. The quantitative estimate of drug-likeness (QED) is 0.182. The predicted octanol–water partition coefficient (Wildman–Crippen LogP) is 13.5. The van der Waals surface area contributed by atoms with Gasteiger partial charge in [-0.25, -0.2) is 9.97 Å². The van der Waals surface area contributed by atoms with Gasteiger partial charge in [0.05, 0.1) is 33.3 Å². The molecule has 0 spiro atoms. The van der Waals surface area contributed by atoms with Crippen LogP contribution in [0.4, 0.5) is 0 Å². The number of hydrogen-bond acceptors (Lipinski definition) is 2. The van der Waals surface area contributed by atoms with Gasteiger partial charge in [-0.3, -0.25) is 4.57 Å². The molecule has 260 valence electrons. The molecule has 0 aliphatic rings. The Kier molecular flexibility index (Phi) is 6.60. The normalized spacial score (nSPS) is 11.9. The zero-order chi connectivity index (χ0) is 36.7. The Morgan fingerprint density at radius 2 is 0.929 bits per heavy atom. The summed E-state index contributed by atoms with van der Waals surface area (Å²) in [4.78, 5) is 10.8. The van der Waals surface area contributed by atoms with Crippen LogP contribution in [0.5, 0.6) is 0 Å². The van der Waals surface area contributed by atoms with Crippen molar-refractivity contribution >= 4 is 76.1 Å². The maximum Gasteiger partial charge on any atom is 0.235 e. The van der Waals surface area contributed by atoms with Crippen molar-refractivity contribution in [1.82, 2.24) is 19.1 Å². The number of fused-ring (bicyclic) bond motifs is 10. The lowest BCUT2D eigenvalue weighted by Crippen LogP contribution is -2.03. The van der Waals surface area contributed by atoms with Gasteiger partial charge in [0.1, 0.15) is 0 Å². The van der Waals surface area contributed by atoms with Crippen molar-refractivity contribution in [3.63, 3.8) is 0 Å². The molecule has 0 amide bonds. The topological polar surface area (TPSA) is 35.6 Å². The molecule has 0 aliphatic heterocycles. The summed E-state index contributed by atoms with van der Waals surface area (Å²) in [6.07, 6.45) is 0. The van der Waals surface area contributed by atoms with E-state index in [2.05, 4.69) is 203 Å². The highest BCUT2D eigenvalue weighted by Crippen LogP contribution is 2.41. The van der Waals surface area contributed by atoms with Gasteiger partial charge in [0, 0.05) is 38.2 Å². The SMILES string of the molecule is c1ccc(-c2ccc3c(c2)c2cc4ccccc4cc2n3-c2nc(-c3ccc4c(c3)c3c5ccccc5ccc3n4-c3ccccc3)c3ccccc3n2)cc1. The van der Waals surface area contributed by atoms with Crippen LogP contribution in [0, 0.1) is 0 Å². The summed E-state index contributed by atoms with van der Waals surface area (Å²) in [6, 6.07) is 69.7.